The van der Waals surface area contributed by atoms with Gasteiger partial charge in [0, 0.05) is 18.3 Å². The Morgan fingerprint density at radius 3 is 2.90 bits per heavy atom. The number of benzene rings is 1. The van der Waals surface area contributed by atoms with E-state index in [9.17, 15) is 9.18 Å². The molecule has 0 spiro atoms. The highest BCUT2D eigenvalue weighted by Crippen LogP contribution is 2.22. The van der Waals surface area contributed by atoms with Crippen molar-refractivity contribution in [2.75, 3.05) is 5.32 Å². The fraction of sp³-hybridized carbons (Fsp3) is 0.286. The van der Waals surface area contributed by atoms with Crippen molar-refractivity contribution in [1.82, 2.24) is 9.78 Å². The lowest BCUT2D eigenvalue weighted by atomic mass is 10.1. The molecule has 2 rings (SSSR count). The predicted molar refractivity (Wildman–Crippen MR) is 73.3 cm³/mol. The van der Waals surface area contributed by atoms with Gasteiger partial charge in [0.25, 0.3) is 0 Å². The summed E-state index contributed by atoms with van der Waals surface area (Å²) in [6, 6.07) is 3.50. The minimum absolute atomic E-state index is 0.0466. The summed E-state index contributed by atoms with van der Waals surface area (Å²) in [5.74, 6) is -1.57. The first-order chi connectivity index (χ1) is 9.51. The third-order valence-electron chi connectivity index (χ3n) is 3.06. The number of aryl methyl sites for hydroxylation is 1. The molecule has 2 aromatic rings. The van der Waals surface area contributed by atoms with Gasteiger partial charge in [-0.05, 0) is 32.0 Å². The topological polar surface area (TPSA) is 67.2 Å². The van der Waals surface area contributed by atoms with Crippen molar-refractivity contribution in [2.24, 2.45) is 0 Å². The SMILES string of the molecule is CCn1cc(C(C)Nc2cc(C(=O)O)ccc2F)cn1. The van der Waals surface area contributed by atoms with E-state index in [1.54, 1.807) is 10.9 Å². The second kappa shape index (κ2) is 5.73. The maximum absolute atomic E-state index is 13.7. The summed E-state index contributed by atoms with van der Waals surface area (Å²) in [6.07, 6.45) is 3.58. The van der Waals surface area contributed by atoms with Crippen molar-refractivity contribution in [3.05, 3.63) is 47.5 Å². The van der Waals surface area contributed by atoms with Crippen LogP contribution < -0.4 is 5.32 Å². The van der Waals surface area contributed by atoms with Crippen LogP contribution in [0.3, 0.4) is 0 Å². The Hall–Kier alpha value is -2.37. The van der Waals surface area contributed by atoms with E-state index in [4.69, 9.17) is 5.11 Å². The first kappa shape index (κ1) is 14.0. The number of anilines is 1. The van der Waals surface area contributed by atoms with Gasteiger partial charge in [0.1, 0.15) is 5.82 Å². The van der Waals surface area contributed by atoms with Gasteiger partial charge >= 0.3 is 5.97 Å². The fourth-order valence-electron chi connectivity index (χ4n) is 1.86. The predicted octanol–water partition coefficient (Wildman–Crippen LogP) is 2.91. The number of halogens is 1. The van der Waals surface area contributed by atoms with Gasteiger partial charge in [-0.15, -0.1) is 0 Å². The summed E-state index contributed by atoms with van der Waals surface area (Å²) in [7, 11) is 0. The molecule has 1 unspecified atom stereocenters. The van der Waals surface area contributed by atoms with E-state index in [-0.39, 0.29) is 17.3 Å². The normalized spacial score (nSPS) is 12.2. The van der Waals surface area contributed by atoms with Crippen LogP contribution >= 0.6 is 0 Å². The van der Waals surface area contributed by atoms with Gasteiger partial charge in [0.15, 0.2) is 0 Å². The number of hydrogen-bond acceptors (Lipinski definition) is 3. The zero-order valence-electron chi connectivity index (χ0n) is 11.3. The lowest BCUT2D eigenvalue weighted by molar-refractivity contribution is 0.0697. The van der Waals surface area contributed by atoms with Gasteiger partial charge in [0.2, 0.25) is 0 Å². The highest BCUT2D eigenvalue weighted by molar-refractivity contribution is 5.88. The fourth-order valence-corrected chi connectivity index (χ4v) is 1.86. The molecule has 20 heavy (non-hydrogen) atoms. The van der Waals surface area contributed by atoms with E-state index in [1.807, 2.05) is 20.0 Å². The molecule has 0 aliphatic heterocycles. The molecule has 0 radical (unpaired) electrons. The molecular formula is C14H16FN3O2. The Bertz CT molecular complexity index is 625. The van der Waals surface area contributed by atoms with Gasteiger partial charge in [-0.1, -0.05) is 0 Å². The number of nitrogens with zero attached hydrogens (tertiary/aromatic N) is 2. The average molecular weight is 277 g/mol. The molecule has 0 bridgehead atoms. The number of aromatic carboxylic acids is 1. The van der Waals surface area contributed by atoms with Crippen LogP contribution in [0.25, 0.3) is 0 Å². The Kier molecular flexibility index (Phi) is 4.02. The molecule has 6 heteroatoms. The largest absolute Gasteiger partial charge is 0.478 e. The van der Waals surface area contributed by atoms with Crippen molar-refractivity contribution < 1.29 is 14.3 Å². The Morgan fingerprint density at radius 2 is 2.30 bits per heavy atom. The Labute approximate surface area is 116 Å². The summed E-state index contributed by atoms with van der Waals surface area (Å²) in [5.41, 5.74) is 1.12. The molecule has 1 heterocycles. The van der Waals surface area contributed by atoms with Crippen LogP contribution in [-0.4, -0.2) is 20.9 Å². The molecule has 0 saturated heterocycles. The third kappa shape index (κ3) is 2.96. The van der Waals surface area contributed by atoms with E-state index in [2.05, 4.69) is 10.4 Å². The quantitative estimate of drug-likeness (QED) is 0.881. The summed E-state index contributed by atoms with van der Waals surface area (Å²) in [6.45, 7) is 4.60. The number of nitrogens with one attached hydrogen (secondary N) is 1. The molecule has 5 nitrogen and oxygen atoms in total. The van der Waals surface area contributed by atoms with Crippen molar-refractivity contribution in [1.29, 1.82) is 0 Å². The van der Waals surface area contributed by atoms with Crippen LogP contribution in [0.5, 0.6) is 0 Å². The molecule has 1 aromatic carbocycles. The van der Waals surface area contributed by atoms with E-state index in [0.717, 1.165) is 18.2 Å². The monoisotopic (exact) mass is 277 g/mol. The number of hydrogen-bond donors (Lipinski definition) is 2. The van der Waals surface area contributed by atoms with E-state index < -0.39 is 11.8 Å². The van der Waals surface area contributed by atoms with Gasteiger partial charge in [0.05, 0.1) is 23.5 Å². The Balaban J connectivity index is 2.20. The minimum Gasteiger partial charge on any atom is -0.478 e. The maximum atomic E-state index is 13.7. The standard InChI is InChI=1S/C14H16FN3O2/c1-3-18-8-11(7-16-18)9(2)17-13-6-10(14(19)20)4-5-12(13)15/h4-9,17H,3H2,1-2H3,(H,19,20). The van der Waals surface area contributed by atoms with Crippen LogP contribution in [-0.2, 0) is 6.54 Å². The van der Waals surface area contributed by atoms with Crippen LogP contribution in [0.4, 0.5) is 10.1 Å². The number of carboxylic acids is 1. The zero-order valence-corrected chi connectivity index (χ0v) is 11.3. The molecule has 0 amide bonds. The van der Waals surface area contributed by atoms with Gasteiger partial charge < -0.3 is 10.4 Å². The number of aromatic nitrogens is 2. The van der Waals surface area contributed by atoms with Gasteiger partial charge in [-0.3, -0.25) is 4.68 Å². The van der Waals surface area contributed by atoms with Crippen LogP contribution in [0.15, 0.2) is 30.6 Å². The van der Waals surface area contributed by atoms with Crippen LogP contribution in [0, 0.1) is 5.82 Å². The van der Waals surface area contributed by atoms with Gasteiger partial charge in [-0.25, -0.2) is 9.18 Å². The molecule has 1 atom stereocenters. The molecular weight excluding hydrogens is 261 g/mol. The van der Waals surface area contributed by atoms with Crippen molar-refractivity contribution >= 4 is 11.7 Å². The molecule has 0 aliphatic rings. The first-order valence-electron chi connectivity index (χ1n) is 6.33. The average Bonchev–Trinajstić information content (AvgIpc) is 2.89. The molecule has 0 aliphatic carbocycles. The number of carboxylic acid groups (broad SMARTS) is 1. The van der Waals surface area contributed by atoms with Gasteiger partial charge in [-0.2, -0.15) is 5.10 Å². The van der Waals surface area contributed by atoms with Crippen molar-refractivity contribution in [3.8, 4) is 0 Å². The second-order valence-electron chi connectivity index (χ2n) is 4.50. The molecule has 0 saturated carbocycles. The second-order valence-corrected chi connectivity index (χ2v) is 4.50. The molecule has 0 fully saturated rings. The highest BCUT2D eigenvalue weighted by Gasteiger charge is 2.13. The Morgan fingerprint density at radius 1 is 1.55 bits per heavy atom. The van der Waals surface area contributed by atoms with Crippen molar-refractivity contribution in [3.63, 3.8) is 0 Å². The third-order valence-corrected chi connectivity index (χ3v) is 3.06. The van der Waals surface area contributed by atoms with Crippen molar-refractivity contribution in [2.45, 2.75) is 26.4 Å². The molecule has 2 N–H and O–H groups in total. The number of carbonyl (C=O) groups is 1. The lowest BCUT2D eigenvalue weighted by Gasteiger charge is -2.14. The van der Waals surface area contributed by atoms with E-state index in [1.165, 1.54) is 12.1 Å². The highest BCUT2D eigenvalue weighted by atomic mass is 19.1. The molecule has 1 aromatic heterocycles. The number of rotatable bonds is 5. The molecule has 106 valence electrons. The summed E-state index contributed by atoms with van der Waals surface area (Å²) in [4.78, 5) is 10.9. The summed E-state index contributed by atoms with van der Waals surface area (Å²) >= 11 is 0. The zero-order chi connectivity index (χ0) is 14.7. The maximum Gasteiger partial charge on any atom is 0.335 e. The van der Waals surface area contributed by atoms with Crippen LogP contribution in [0.1, 0.15) is 35.8 Å². The van der Waals surface area contributed by atoms with E-state index >= 15 is 0 Å². The minimum atomic E-state index is -1.08. The summed E-state index contributed by atoms with van der Waals surface area (Å²) in [5, 5.41) is 16.0. The summed E-state index contributed by atoms with van der Waals surface area (Å²) < 4.78 is 15.5. The smallest absolute Gasteiger partial charge is 0.335 e. The lowest BCUT2D eigenvalue weighted by Crippen LogP contribution is -2.08. The van der Waals surface area contributed by atoms with Crippen LogP contribution in [0.2, 0.25) is 0 Å². The first-order valence-corrected chi connectivity index (χ1v) is 6.33. The van der Waals surface area contributed by atoms with E-state index in [0.29, 0.717) is 0 Å².